The van der Waals surface area contributed by atoms with Crippen molar-refractivity contribution in [1.82, 2.24) is 0 Å². The third-order valence-electron chi connectivity index (χ3n) is 3.39. The summed E-state index contributed by atoms with van der Waals surface area (Å²) in [5.74, 6) is 0.853. The van der Waals surface area contributed by atoms with Gasteiger partial charge in [0.1, 0.15) is 6.10 Å². The summed E-state index contributed by atoms with van der Waals surface area (Å²) >= 11 is 1.79. The molecular formula is C17H16OS. The molecule has 0 radical (unpaired) electrons. The Kier molecular flexibility index (Phi) is 3.45. The maximum Gasteiger partial charge on any atom is 0.102 e. The lowest BCUT2D eigenvalue weighted by Gasteiger charge is -2.23. The molecule has 1 unspecified atom stereocenters. The van der Waals surface area contributed by atoms with E-state index in [0.717, 1.165) is 22.5 Å². The van der Waals surface area contributed by atoms with Gasteiger partial charge in [-0.1, -0.05) is 54.1 Å². The van der Waals surface area contributed by atoms with Gasteiger partial charge in [-0.3, -0.25) is 0 Å². The predicted molar refractivity (Wildman–Crippen MR) is 81.3 cm³/mol. The summed E-state index contributed by atoms with van der Waals surface area (Å²) in [4.78, 5) is 1.19. The fourth-order valence-corrected chi connectivity index (χ4v) is 3.36. The molecule has 0 fully saturated rings. The summed E-state index contributed by atoms with van der Waals surface area (Å²) in [6.45, 7) is 2.08. The van der Waals surface area contributed by atoms with Crippen LogP contribution in [0.25, 0.3) is 6.08 Å². The zero-order valence-corrected chi connectivity index (χ0v) is 11.7. The molecule has 0 amide bonds. The SMILES string of the molecule is Cc1ccc(/C=C2\CSc3ccccc3C2O)cc1. The number of benzene rings is 2. The fourth-order valence-electron chi connectivity index (χ4n) is 2.27. The second-order valence-corrected chi connectivity index (χ2v) is 5.88. The van der Waals surface area contributed by atoms with Crippen molar-refractivity contribution in [3.8, 4) is 0 Å². The van der Waals surface area contributed by atoms with E-state index in [1.54, 1.807) is 11.8 Å². The van der Waals surface area contributed by atoms with Crippen LogP contribution in [-0.4, -0.2) is 10.9 Å². The topological polar surface area (TPSA) is 20.2 Å². The van der Waals surface area contributed by atoms with Crippen molar-refractivity contribution in [3.63, 3.8) is 0 Å². The maximum atomic E-state index is 10.5. The first kappa shape index (κ1) is 12.5. The van der Waals surface area contributed by atoms with Gasteiger partial charge >= 0.3 is 0 Å². The van der Waals surface area contributed by atoms with Gasteiger partial charge in [0, 0.05) is 10.6 Å². The van der Waals surface area contributed by atoms with E-state index in [-0.39, 0.29) is 0 Å². The Balaban J connectivity index is 1.93. The molecule has 0 aliphatic carbocycles. The van der Waals surface area contributed by atoms with Gasteiger partial charge in [0.15, 0.2) is 0 Å². The highest BCUT2D eigenvalue weighted by atomic mass is 32.2. The number of aliphatic hydroxyl groups is 1. The second kappa shape index (κ2) is 5.24. The van der Waals surface area contributed by atoms with Crippen LogP contribution in [0.1, 0.15) is 22.8 Å². The molecule has 0 spiro atoms. The maximum absolute atomic E-state index is 10.5. The average Bonchev–Trinajstić information content (AvgIpc) is 2.45. The second-order valence-electron chi connectivity index (χ2n) is 4.86. The molecule has 1 heterocycles. The van der Waals surface area contributed by atoms with E-state index in [0.29, 0.717) is 0 Å². The van der Waals surface area contributed by atoms with E-state index in [2.05, 4.69) is 43.3 Å². The van der Waals surface area contributed by atoms with Crippen LogP contribution in [0.15, 0.2) is 59.0 Å². The minimum absolute atomic E-state index is 0.473. The van der Waals surface area contributed by atoms with Gasteiger partial charge in [-0.25, -0.2) is 0 Å². The lowest BCUT2D eigenvalue weighted by Crippen LogP contribution is -2.10. The van der Waals surface area contributed by atoms with Crippen LogP contribution >= 0.6 is 11.8 Å². The summed E-state index contributed by atoms with van der Waals surface area (Å²) in [6, 6.07) is 16.5. The molecule has 1 aliphatic heterocycles. The number of aryl methyl sites for hydroxylation is 1. The molecule has 96 valence electrons. The lowest BCUT2D eigenvalue weighted by molar-refractivity contribution is 0.213. The van der Waals surface area contributed by atoms with Crippen LogP contribution in [0.3, 0.4) is 0 Å². The smallest absolute Gasteiger partial charge is 0.102 e. The Morgan fingerprint density at radius 3 is 2.63 bits per heavy atom. The van der Waals surface area contributed by atoms with Crippen LogP contribution in [0, 0.1) is 6.92 Å². The highest BCUT2D eigenvalue weighted by molar-refractivity contribution is 7.99. The highest BCUT2D eigenvalue weighted by Crippen LogP contribution is 2.39. The number of hydrogen-bond donors (Lipinski definition) is 1. The van der Waals surface area contributed by atoms with E-state index in [9.17, 15) is 5.11 Å². The molecule has 0 saturated carbocycles. The van der Waals surface area contributed by atoms with Crippen LogP contribution in [-0.2, 0) is 0 Å². The molecule has 0 bridgehead atoms. The Labute approximate surface area is 118 Å². The zero-order chi connectivity index (χ0) is 13.2. The molecule has 2 heteroatoms. The first-order valence-corrected chi connectivity index (χ1v) is 7.39. The highest BCUT2D eigenvalue weighted by Gasteiger charge is 2.22. The molecule has 3 rings (SSSR count). The Morgan fingerprint density at radius 1 is 1.11 bits per heavy atom. The molecular weight excluding hydrogens is 252 g/mol. The van der Waals surface area contributed by atoms with Crippen molar-refractivity contribution in [2.45, 2.75) is 17.9 Å². The standard InChI is InChI=1S/C17H16OS/c1-12-6-8-13(9-7-12)10-14-11-19-16-5-3-2-4-15(16)17(14)18/h2-10,17-18H,11H2,1H3/b14-10+. The number of hydrogen-bond acceptors (Lipinski definition) is 2. The van der Waals surface area contributed by atoms with E-state index in [1.807, 2.05) is 18.2 Å². The fraction of sp³-hybridized carbons (Fsp3) is 0.176. The number of aliphatic hydroxyl groups excluding tert-OH is 1. The van der Waals surface area contributed by atoms with Gasteiger partial charge in [-0.2, -0.15) is 0 Å². The molecule has 0 saturated heterocycles. The summed E-state index contributed by atoms with van der Waals surface area (Å²) in [5.41, 5.74) is 4.51. The number of fused-ring (bicyclic) bond motifs is 1. The third-order valence-corrected chi connectivity index (χ3v) is 4.55. The van der Waals surface area contributed by atoms with Gasteiger partial charge in [0.2, 0.25) is 0 Å². The predicted octanol–water partition coefficient (Wildman–Crippen LogP) is 4.22. The Bertz CT molecular complexity index is 613. The van der Waals surface area contributed by atoms with E-state index in [4.69, 9.17) is 0 Å². The molecule has 0 aromatic heterocycles. The molecule has 2 aromatic rings. The minimum atomic E-state index is -0.473. The van der Waals surface area contributed by atoms with E-state index < -0.39 is 6.10 Å². The first-order valence-electron chi connectivity index (χ1n) is 6.41. The molecule has 1 N–H and O–H groups in total. The summed E-state index contributed by atoms with van der Waals surface area (Å²) in [6.07, 6.45) is 1.63. The lowest BCUT2D eigenvalue weighted by atomic mass is 9.99. The first-order chi connectivity index (χ1) is 9.24. The average molecular weight is 268 g/mol. The summed E-state index contributed by atoms with van der Waals surface area (Å²) in [5, 5.41) is 10.5. The number of rotatable bonds is 1. The largest absolute Gasteiger partial charge is 0.384 e. The van der Waals surface area contributed by atoms with Crippen molar-refractivity contribution < 1.29 is 5.11 Å². The molecule has 1 nitrogen and oxygen atoms in total. The van der Waals surface area contributed by atoms with Gasteiger partial charge < -0.3 is 5.11 Å². The van der Waals surface area contributed by atoms with Crippen LogP contribution in [0.5, 0.6) is 0 Å². The Hall–Kier alpha value is -1.51. The quantitative estimate of drug-likeness (QED) is 0.835. The number of thioether (sulfide) groups is 1. The molecule has 1 atom stereocenters. The van der Waals surface area contributed by atoms with Crippen molar-refractivity contribution >= 4 is 17.8 Å². The zero-order valence-electron chi connectivity index (χ0n) is 10.8. The van der Waals surface area contributed by atoms with Gasteiger partial charge in [0.05, 0.1) is 0 Å². The van der Waals surface area contributed by atoms with Crippen LogP contribution < -0.4 is 0 Å². The Morgan fingerprint density at radius 2 is 1.84 bits per heavy atom. The normalized spacial score (nSPS) is 20.3. The van der Waals surface area contributed by atoms with E-state index >= 15 is 0 Å². The van der Waals surface area contributed by atoms with Crippen molar-refractivity contribution in [2.24, 2.45) is 0 Å². The van der Waals surface area contributed by atoms with Crippen molar-refractivity contribution in [2.75, 3.05) is 5.75 Å². The monoisotopic (exact) mass is 268 g/mol. The minimum Gasteiger partial charge on any atom is -0.384 e. The summed E-state index contributed by atoms with van der Waals surface area (Å²) < 4.78 is 0. The van der Waals surface area contributed by atoms with Gasteiger partial charge in [0.25, 0.3) is 0 Å². The molecule has 2 aromatic carbocycles. The van der Waals surface area contributed by atoms with Gasteiger partial charge in [-0.05, 0) is 29.7 Å². The molecule has 1 aliphatic rings. The van der Waals surface area contributed by atoms with Crippen LogP contribution in [0.2, 0.25) is 0 Å². The van der Waals surface area contributed by atoms with Crippen molar-refractivity contribution in [1.29, 1.82) is 0 Å². The van der Waals surface area contributed by atoms with Gasteiger partial charge in [-0.15, -0.1) is 11.8 Å². The third kappa shape index (κ3) is 2.60. The van der Waals surface area contributed by atoms with Crippen LogP contribution in [0.4, 0.5) is 0 Å². The molecule has 19 heavy (non-hydrogen) atoms. The van der Waals surface area contributed by atoms with E-state index in [1.165, 1.54) is 10.5 Å². The summed E-state index contributed by atoms with van der Waals surface area (Å²) in [7, 11) is 0. The van der Waals surface area contributed by atoms with Crippen molar-refractivity contribution in [3.05, 3.63) is 70.8 Å².